The van der Waals surface area contributed by atoms with Crippen molar-refractivity contribution in [2.45, 2.75) is 43.9 Å². The standard InChI is InChI=1S/C16H20N2O3/c19-16(13-4-3-9-20-13)18-10-11-6-7-12(18)15(11)21-14-5-1-2-8-17-14/h1-2,5,8,11-13,15H,3-4,6-7,9-10H2/t11?,12?,13-,15?/m1/s1. The minimum atomic E-state index is -0.222. The molecule has 2 aliphatic heterocycles. The van der Waals surface area contributed by atoms with E-state index in [9.17, 15) is 4.79 Å². The molecule has 2 bridgehead atoms. The van der Waals surface area contributed by atoms with Crippen LogP contribution < -0.4 is 4.74 Å². The van der Waals surface area contributed by atoms with Crippen LogP contribution in [0.3, 0.4) is 0 Å². The number of hydrogen-bond acceptors (Lipinski definition) is 4. The maximum atomic E-state index is 12.6. The second kappa shape index (κ2) is 5.30. The molecule has 3 fully saturated rings. The van der Waals surface area contributed by atoms with Gasteiger partial charge in [0.25, 0.3) is 5.91 Å². The molecule has 1 amide bonds. The van der Waals surface area contributed by atoms with Crippen molar-refractivity contribution < 1.29 is 14.3 Å². The Morgan fingerprint density at radius 2 is 2.29 bits per heavy atom. The fourth-order valence-electron chi connectivity index (χ4n) is 3.89. The van der Waals surface area contributed by atoms with Crippen molar-refractivity contribution in [1.29, 1.82) is 0 Å². The number of carbonyl (C=O) groups is 1. The highest BCUT2D eigenvalue weighted by Gasteiger charge is 2.51. The molecule has 5 nitrogen and oxygen atoms in total. The second-order valence-corrected chi connectivity index (χ2v) is 6.15. The summed E-state index contributed by atoms with van der Waals surface area (Å²) in [6, 6.07) is 5.87. The monoisotopic (exact) mass is 288 g/mol. The number of ether oxygens (including phenoxy) is 2. The van der Waals surface area contributed by atoms with Crippen LogP contribution in [0.5, 0.6) is 5.88 Å². The molecular weight excluding hydrogens is 268 g/mol. The third-order valence-corrected chi connectivity index (χ3v) is 4.89. The lowest BCUT2D eigenvalue weighted by atomic mass is 10.1. The van der Waals surface area contributed by atoms with Gasteiger partial charge in [0.1, 0.15) is 12.2 Å². The second-order valence-electron chi connectivity index (χ2n) is 6.15. The largest absolute Gasteiger partial charge is 0.472 e. The number of likely N-dealkylation sites (tertiary alicyclic amines) is 1. The number of nitrogens with zero attached hydrogens (tertiary/aromatic N) is 2. The fourth-order valence-corrected chi connectivity index (χ4v) is 3.89. The van der Waals surface area contributed by atoms with Crippen molar-refractivity contribution in [3.05, 3.63) is 24.4 Å². The predicted octanol–water partition coefficient (Wildman–Crippen LogP) is 1.63. The molecule has 1 aromatic rings. The van der Waals surface area contributed by atoms with Gasteiger partial charge in [-0.3, -0.25) is 4.79 Å². The zero-order chi connectivity index (χ0) is 14.2. The van der Waals surface area contributed by atoms with E-state index in [2.05, 4.69) is 4.98 Å². The zero-order valence-corrected chi connectivity index (χ0v) is 12.0. The molecule has 0 spiro atoms. The van der Waals surface area contributed by atoms with E-state index in [0.29, 0.717) is 18.4 Å². The molecule has 5 heteroatoms. The fraction of sp³-hybridized carbons (Fsp3) is 0.625. The van der Waals surface area contributed by atoms with E-state index in [1.807, 2.05) is 23.1 Å². The van der Waals surface area contributed by atoms with Gasteiger partial charge < -0.3 is 14.4 Å². The summed E-state index contributed by atoms with van der Waals surface area (Å²) in [6.45, 7) is 1.52. The molecule has 0 N–H and O–H groups in total. The molecule has 4 atom stereocenters. The third-order valence-electron chi connectivity index (χ3n) is 4.89. The van der Waals surface area contributed by atoms with E-state index in [-0.39, 0.29) is 24.2 Å². The van der Waals surface area contributed by atoms with Crippen molar-refractivity contribution in [2.75, 3.05) is 13.2 Å². The maximum Gasteiger partial charge on any atom is 0.252 e. The third kappa shape index (κ3) is 2.29. The Morgan fingerprint density at radius 1 is 1.33 bits per heavy atom. The number of carbonyl (C=O) groups excluding carboxylic acids is 1. The zero-order valence-electron chi connectivity index (χ0n) is 12.0. The number of pyridine rings is 1. The molecule has 0 radical (unpaired) electrons. The lowest BCUT2D eigenvalue weighted by Gasteiger charge is -2.29. The first-order valence-electron chi connectivity index (χ1n) is 7.83. The topological polar surface area (TPSA) is 51.7 Å². The first kappa shape index (κ1) is 13.1. The van der Waals surface area contributed by atoms with Gasteiger partial charge in [0.15, 0.2) is 0 Å². The van der Waals surface area contributed by atoms with Gasteiger partial charge in [0.05, 0.1) is 6.04 Å². The number of hydrogen-bond donors (Lipinski definition) is 0. The summed E-state index contributed by atoms with van der Waals surface area (Å²) >= 11 is 0. The molecule has 1 aliphatic carbocycles. The van der Waals surface area contributed by atoms with Crippen LogP contribution in [0.1, 0.15) is 25.7 Å². The van der Waals surface area contributed by atoms with E-state index >= 15 is 0 Å². The summed E-state index contributed by atoms with van der Waals surface area (Å²) in [6.07, 6.45) is 5.62. The average Bonchev–Trinajstić information content (AvgIpc) is 3.24. The van der Waals surface area contributed by atoms with Gasteiger partial charge in [0, 0.05) is 31.3 Å². The van der Waals surface area contributed by atoms with Crippen LogP contribution in [-0.4, -0.2) is 47.2 Å². The molecule has 3 aliphatic rings. The molecule has 21 heavy (non-hydrogen) atoms. The van der Waals surface area contributed by atoms with Crippen LogP contribution >= 0.6 is 0 Å². The summed E-state index contributed by atoms with van der Waals surface area (Å²) < 4.78 is 11.6. The Hall–Kier alpha value is -1.62. The minimum Gasteiger partial charge on any atom is -0.472 e. The SMILES string of the molecule is O=C([C@H]1CCCO1)N1CC2CCC1C2Oc1ccccn1. The molecule has 3 unspecified atom stereocenters. The van der Waals surface area contributed by atoms with Crippen molar-refractivity contribution in [2.24, 2.45) is 5.92 Å². The highest BCUT2D eigenvalue weighted by Crippen LogP contribution is 2.40. The Morgan fingerprint density at radius 3 is 3.05 bits per heavy atom. The predicted molar refractivity (Wildman–Crippen MR) is 75.9 cm³/mol. The molecule has 112 valence electrons. The van der Waals surface area contributed by atoms with Crippen LogP contribution in [0.2, 0.25) is 0 Å². The van der Waals surface area contributed by atoms with Crippen molar-refractivity contribution in [3.8, 4) is 5.88 Å². The summed E-state index contributed by atoms with van der Waals surface area (Å²) in [5, 5.41) is 0. The van der Waals surface area contributed by atoms with E-state index in [1.165, 1.54) is 0 Å². The lowest BCUT2D eigenvalue weighted by Crippen LogP contribution is -2.45. The normalized spacial score (nSPS) is 34.4. The Bertz CT molecular complexity index is 516. The average molecular weight is 288 g/mol. The van der Waals surface area contributed by atoms with Gasteiger partial charge in [-0.15, -0.1) is 0 Å². The minimum absolute atomic E-state index is 0.0882. The molecule has 1 saturated carbocycles. The van der Waals surface area contributed by atoms with E-state index < -0.39 is 0 Å². The Kier molecular flexibility index (Phi) is 3.30. The van der Waals surface area contributed by atoms with Crippen LogP contribution in [0, 0.1) is 5.92 Å². The summed E-state index contributed by atoms with van der Waals surface area (Å²) in [5.41, 5.74) is 0. The van der Waals surface area contributed by atoms with E-state index in [1.54, 1.807) is 6.20 Å². The smallest absolute Gasteiger partial charge is 0.252 e. The van der Waals surface area contributed by atoms with Crippen LogP contribution in [0.25, 0.3) is 0 Å². The summed E-state index contributed by atoms with van der Waals surface area (Å²) in [7, 11) is 0. The molecule has 4 rings (SSSR count). The molecule has 3 heterocycles. The van der Waals surface area contributed by atoms with E-state index in [4.69, 9.17) is 9.47 Å². The van der Waals surface area contributed by atoms with Gasteiger partial charge in [-0.2, -0.15) is 0 Å². The first-order valence-corrected chi connectivity index (χ1v) is 7.83. The van der Waals surface area contributed by atoms with Gasteiger partial charge >= 0.3 is 0 Å². The van der Waals surface area contributed by atoms with Gasteiger partial charge in [-0.25, -0.2) is 4.98 Å². The number of amides is 1. The van der Waals surface area contributed by atoms with Crippen molar-refractivity contribution in [1.82, 2.24) is 9.88 Å². The highest BCUT2D eigenvalue weighted by molar-refractivity contribution is 5.82. The molecule has 0 aromatic carbocycles. The summed E-state index contributed by atoms with van der Waals surface area (Å²) in [5.74, 6) is 1.25. The van der Waals surface area contributed by atoms with E-state index in [0.717, 1.165) is 32.2 Å². The van der Waals surface area contributed by atoms with Crippen LogP contribution in [0.4, 0.5) is 0 Å². The number of rotatable bonds is 3. The van der Waals surface area contributed by atoms with Gasteiger partial charge in [-0.05, 0) is 31.7 Å². The Balaban J connectivity index is 1.47. The summed E-state index contributed by atoms with van der Waals surface area (Å²) in [4.78, 5) is 18.8. The first-order chi connectivity index (χ1) is 10.3. The van der Waals surface area contributed by atoms with Crippen molar-refractivity contribution in [3.63, 3.8) is 0 Å². The highest BCUT2D eigenvalue weighted by atomic mass is 16.5. The molecule has 1 aromatic heterocycles. The molecule has 2 saturated heterocycles. The lowest BCUT2D eigenvalue weighted by molar-refractivity contribution is -0.143. The Labute approximate surface area is 124 Å². The van der Waals surface area contributed by atoms with Crippen LogP contribution in [-0.2, 0) is 9.53 Å². The molecular formula is C16H20N2O3. The number of fused-ring (bicyclic) bond motifs is 2. The van der Waals surface area contributed by atoms with Crippen LogP contribution in [0.15, 0.2) is 24.4 Å². The number of aromatic nitrogens is 1. The number of piperidine rings is 1. The maximum absolute atomic E-state index is 12.6. The van der Waals surface area contributed by atoms with Gasteiger partial charge in [-0.1, -0.05) is 6.07 Å². The van der Waals surface area contributed by atoms with Gasteiger partial charge in [0.2, 0.25) is 5.88 Å². The quantitative estimate of drug-likeness (QED) is 0.848. The van der Waals surface area contributed by atoms with Crippen molar-refractivity contribution >= 4 is 5.91 Å².